The van der Waals surface area contributed by atoms with Crippen molar-refractivity contribution >= 4 is 16.9 Å². The van der Waals surface area contributed by atoms with Gasteiger partial charge in [0.1, 0.15) is 18.2 Å². The second-order valence-electron chi connectivity index (χ2n) is 8.65. The number of imidazole rings is 1. The molecule has 1 amide bonds. The summed E-state index contributed by atoms with van der Waals surface area (Å²) >= 11 is 0. The lowest BCUT2D eigenvalue weighted by atomic mass is 9.99. The van der Waals surface area contributed by atoms with E-state index in [1.165, 1.54) is 6.07 Å². The molecule has 174 valence electrons. The monoisotopic (exact) mass is 461 g/mol. The van der Waals surface area contributed by atoms with Gasteiger partial charge in [0.2, 0.25) is 0 Å². The van der Waals surface area contributed by atoms with Crippen molar-refractivity contribution in [1.29, 1.82) is 0 Å². The first-order valence-electron chi connectivity index (χ1n) is 11.3. The van der Waals surface area contributed by atoms with Crippen molar-refractivity contribution in [1.82, 2.24) is 14.9 Å². The SMILES string of the molecule is CCc1c(C(=O)N2CCOc3c(F)cc(-c4ccc5nc(C)[nH]c5c4)cc3C2)ccc(C)c1F. The molecule has 2 heterocycles. The summed E-state index contributed by atoms with van der Waals surface area (Å²) in [6.07, 6.45) is 0.407. The van der Waals surface area contributed by atoms with Gasteiger partial charge in [0.15, 0.2) is 11.6 Å². The van der Waals surface area contributed by atoms with Gasteiger partial charge in [-0.3, -0.25) is 4.79 Å². The normalized spacial score (nSPS) is 13.5. The Kier molecular flexibility index (Phi) is 5.55. The number of fused-ring (bicyclic) bond motifs is 2. The van der Waals surface area contributed by atoms with Crippen molar-refractivity contribution in [2.24, 2.45) is 0 Å². The molecule has 0 atom stereocenters. The number of nitrogens with zero attached hydrogens (tertiary/aromatic N) is 2. The summed E-state index contributed by atoms with van der Waals surface area (Å²) in [7, 11) is 0. The molecule has 34 heavy (non-hydrogen) atoms. The molecule has 0 bridgehead atoms. The lowest BCUT2D eigenvalue weighted by Crippen LogP contribution is -2.33. The van der Waals surface area contributed by atoms with Gasteiger partial charge in [-0.05, 0) is 67.3 Å². The number of hydrogen-bond acceptors (Lipinski definition) is 3. The third-order valence-corrected chi connectivity index (χ3v) is 6.33. The van der Waals surface area contributed by atoms with Gasteiger partial charge in [0, 0.05) is 23.2 Å². The summed E-state index contributed by atoms with van der Waals surface area (Å²) in [5.74, 6) is -0.145. The molecule has 0 saturated heterocycles. The Balaban J connectivity index is 1.52. The number of aromatic amines is 1. The Morgan fingerprint density at radius 3 is 2.74 bits per heavy atom. The smallest absolute Gasteiger partial charge is 0.254 e. The molecule has 1 aliphatic rings. The second kappa shape index (κ2) is 8.56. The quantitative estimate of drug-likeness (QED) is 0.424. The number of carbonyl (C=O) groups is 1. The van der Waals surface area contributed by atoms with Crippen LogP contribution in [0.25, 0.3) is 22.2 Å². The molecule has 7 heteroatoms. The van der Waals surface area contributed by atoms with Gasteiger partial charge >= 0.3 is 0 Å². The molecular formula is C27H25F2N3O2. The average molecular weight is 462 g/mol. The zero-order valence-electron chi connectivity index (χ0n) is 19.3. The lowest BCUT2D eigenvalue weighted by molar-refractivity contribution is 0.0731. The van der Waals surface area contributed by atoms with Crippen LogP contribution in [-0.2, 0) is 13.0 Å². The van der Waals surface area contributed by atoms with Crippen LogP contribution < -0.4 is 4.74 Å². The molecule has 0 spiro atoms. The molecule has 0 fully saturated rings. The number of carbonyl (C=O) groups excluding carboxylic acids is 1. The number of halogens is 2. The Morgan fingerprint density at radius 2 is 1.94 bits per heavy atom. The van der Waals surface area contributed by atoms with E-state index in [2.05, 4.69) is 9.97 Å². The van der Waals surface area contributed by atoms with Gasteiger partial charge in [-0.15, -0.1) is 0 Å². The number of amides is 1. The summed E-state index contributed by atoms with van der Waals surface area (Å²) < 4.78 is 35.4. The number of rotatable bonds is 3. The fourth-order valence-corrected chi connectivity index (χ4v) is 4.58. The number of nitrogens with one attached hydrogen (secondary N) is 1. The Hall–Kier alpha value is -3.74. The molecule has 1 aromatic heterocycles. The van der Waals surface area contributed by atoms with Crippen LogP contribution in [-0.4, -0.2) is 33.9 Å². The molecule has 0 saturated carbocycles. The first-order valence-corrected chi connectivity index (χ1v) is 11.3. The highest BCUT2D eigenvalue weighted by atomic mass is 19.1. The van der Waals surface area contributed by atoms with Crippen LogP contribution in [0.5, 0.6) is 5.75 Å². The zero-order chi connectivity index (χ0) is 24.0. The number of benzene rings is 3. The second-order valence-corrected chi connectivity index (χ2v) is 8.65. The van der Waals surface area contributed by atoms with Gasteiger partial charge in [0.25, 0.3) is 5.91 Å². The van der Waals surface area contributed by atoms with Crippen LogP contribution in [0.3, 0.4) is 0 Å². The molecular weight excluding hydrogens is 436 g/mol. The Bertz CT molecular complexity index is 1430. The van der Waals surface area contributed by atoms with Crippen LogP contribution in [0.15, 0.2) is 42.5 Å². The summed E-state index contributed by atoms with van der Waals surface area (Å²) in [6, 6.07) is 12.3. The number of aromatic nitrogens is 2. The van der Waals surface area contributed by atoms with E-state index in [0.717, 1.165) is 22.4 Å². The maximum absolute atomic E-state index is 15.1. The average Bonchev–Trinajstić information content (AvgIpc) is 3.05. The number of H-pyrrole nitrogens is 1. The number of hydrogen-bond donors (Lipinski definition) is 1. The van der Waals surface area contributed by atoms with E-state index in [9.17, 15) is 9.18 Å². The molecule has 5 rings (SSSR count). The van der Waals surface area contributed by atoms with E-state index in [1.807, 2.05) is 38.1 Å². The fraction of sp³-hybridized carbons (Fsp3) is 0.259. The minimum absolute atomic E-state index is 0.156. The summed E-state index contributed by atoms with van der Waals surface area (Å²) in [4.78, 5) is 22.6. The van der Waals surface area contributed by atoms with Gasteiger partial charge in [-0.25, -0.2) is 13.8 Å². The fourth-order valence-electron chi connectivity index (χ4n) is 4.58. The maximum Gasteiger partial charge on any atom is 0.254 e. The van der Waals surface area contributed by atoms with Gasteiger partial charge in [-0.2, -0.15) is 0 Å². The molecule has 0 radical (unpaired) electrons. The predicted molar refractivity (Wildman–Crippen MR) is 127 cm³/mol. The standard InChI is InChI=1S/C27H25F2N3O2/c1-4-20-21(7-5-15(2)25(20)29)27(33)32-9-10-34-26-19(14-32)11-18(12-22(26)28)17-6-8-23-24(13-17)31-16(3)30-23/h5-8,11-13H,4,9-10,14H2,1-3H3,(H,30,31). The van der Waals surface area contributed by atoms with Crippen LogP contribution in [0.2, 0.25) is 0 Å². The van der Waals surface area contributed by atoms with Gasteiger partial charge in [0.05, 0.1) is 17.6 Å². The van der Waals surface area contributed by atoms with Crippen LogP contribution in [0.1, 0.15) is 39.8 Å². The Labute approximate surface area is 196 Å². The van der Waals surface area contributed by atoms with E-state index in [-0.39, 0.29) is 37.2 Å². The highest BCUT2D eigenvalue weighted by molar-refractivity contribution is 5.96. The van der Waals surface area contributed by atoms with Crippen molar-refractivity contribution < 1.29 is 18.3 Å². The van der Waals surface area contributed by atoms with Crippen LogP contribution in [0, 0.1) is 25.5 Å². The third kappa shape index (κ3) is 3.81. The van der Waals surface area contributed by atoms with E-state index >= 15 is 4.39 Å². The topological polar surface area (TPSA) is 58.2 Å². The van der Waals surface area contributed by atoms with E-state index in [0.29, 0.717) is 34.2 Å². The van der Waals surface area contributed by atoms with Crippen molar-refractivity contribution in [3.8, 4) is 16.9 Å². The Morgan fingerprint density at radius 1 is 1.12 bits per heavy atom. The highest BCUT2D eigenvalue weighted by Crippen LogP contribution is 2.34. The molecule has 0 unspecified atom stereocenters. The molecule has 1 aliphatic heterocycles. The summed E-state index contributed by atoms with van der Waals surface area (Å²) in [5, 5.41) is 0. The van der Waals surface area contributed by atoms with E-state index in [1.54, 1.807) is 24.0 Å². The molecule has 1 N–H and O–H groups in total. The van der Waals surface area contributed by atoms with Crippen LogP contribution >= 0.6 is 0 Å². The molecule has 5 nitrogen and oxygen atoms in total. The summed E-state index contributed by atoms with van der Waals surface area (Å²) in [5.41, 5.74) is 5.04. The maximum atomic E-state index is 15.1. The van der Waals surface area contributed by atoms with Gasteiger partial charge in [-0.1, -0.05) is 19.1 Å². The van der Waals surface area contributed by atoms with E-state index in [4.69, 9.17) is 4.74 Å². The molecule has 0 aliphatic carbocycles. The predicted octanol–water partition coefficient (Wildman–Crippen LogP) is 5.72. The van der Waals surface area contributed by atoms with Crippen molar-refractivity contribution in [2.45, 2.75) is 33.7 Å². The summed E-state index contributed by atoms with van der Waals surface area (Å²) in [6.45, 7) is 6.00. The number of ether oxygens (including phenoxy) is 1. The minimum Gasteiger partial charge on any atom is -0.488 e. The minimum atomic E-state index is -0.474. The lowest BCUT2D eigenvalue weighted by Gasteiger charge is -2.22. The third-order valence-electron chi connectivity index (χ3n) is 6.33. The first kappa shape index (κ1) is 22.1. The molecule has 3 aromatic carbocycles. The van der Waals surface area contributed by atoms with Gasteiger partial charge < -0.3 is 14.6 Å². The molecule has 4 aromatic rings. The van der Waals surface area contributed by atoms with Crippen molar-refractivity contribution in [2.75, 3.05) is 13.2 Å². The first-order chi connectivity index (χ1) is 16.4. The van der Waals surface area contributed by atoms with Crippen molar-refractivity contribution in [3.05, 3.63) is 82.2 Å². The number of aryl methyl sites for hydroxylation is 2. The van der Waals surface area contributed by atoms with Crippen molar-refractivity contribution in [3.63, 3.8) is 0 Å². The highest BCUT2D eigenvalue weighted by Gasteiger charge is 2.26. The largest absolute Gasteiger partial charge is 0.488 e. The van der Waals surface area contributed by atoms with E-state index < -0.39 is 5.82 Å². The van der Waals surface area contributed by atoms with Crippen LogP contribution in [0.4, 0.5) is 8.78 Å². The zero-order valence-corrected chi connectivity index (χ0v) is 19.3.